The molecule has 0 spiro atoms. The number of halogens is 1. The molecule has 1 saturated carbocycles. The summed E-state index contributed by atoms with van der Waals surface area (Å²) in [5.74, 6) is 1.28. The molecule has 154 valence electrons. The Hall–Kier alpha value is -3.26. The molecule has 1 fully saturated rings. The molecular formula is C22H22FN5O2. The maximum Gasteiger partial charge on any atom is 0.227 e. The van der Waals surface area contributed by atoms with Crippen LogP contribution in [-0.2, 0) is 0 Å². The van der Waals surface area contributed by atoms with Crippen molar-refractivity contribution in [1.29, 1.82) is 0 Å². The molecular weight excluding hydrogens is 385 g/mol. The van der Waals surface area contributed by atoms with Gasteiger partial charge in [-0.25, -0.2) is 19.3 Å². The van der Waals surface area contributed by atoms with E-state index in [1.165, 1.54) is 6.07 Å². The summed E-state index contributed by atoms with van der Waals surface area (Å²) in [6, 6.07) is 8.89. The number of nitrogens with one attached hydrogen (secondary N) is 2. The Morgan fingerprint density at radius 1 is 1.13 bits per heavy atom. The first-order valence-corrected chi connectivity index (χ1v) is 10.1. The molecule has 2 aromatic heterocycles. The van der Waals surface area contributed by atoms with E-state index in [1.54, 1.807) is 19.2 Å². The van der Waals surface area contributed by atoms with Gasteiger partial charge in [-0.15, -0.1) is 0 Å². The van der Waals surface area contributed by atoms with Crippen LogP contribution in [-0.4, -0.2) is 37.3 Å². The Morgan fingerprint density at radius 2 is 1.97 bits per heavy atom. The van der Waals surface area contributed by atoms with E-state index in [4.69, 9.17) is 4.74 Å². The van der Waals surface area contributed by atoms with Crippen molar-refractivity contribution in [3.05, 3.63) is 48.2 Å². The molecule has 3 N–H and O–H groups in total. The molecule has 0 aliphatic heterocycles. The lowest BCUT2D eigenvalue weighted by Gasteiger charge is -2.26. The van der Waals surface area contributed by atoms with E-state index in [0.717, 1.165) is 31.1 Å². The Balaban J connectivity index is 1.44. The van der Waals surface area contributed by atoms with Crippen LogP contribution in [0.5, 0.6) is 5.75 Å². The van der Waals surface area contributed by atoms with Gasteiger partial charge in [-0.1, -0.05) is 12.1 Å². The molecule has 5 rings (SSSR count). The van der Waals surface area contributed by atoms with Gasteiger partial charge in [0.05, 0.1) is 17.7 Å². The third-order valence-corrected chi connectivity index (χ3v) is 5.43. The largest absolute Gasteiger partial charge is 0.488 e. The molecule has 7 nitrogen and oxygen atoms in total. The van der Waals surface area contributed by atoms with E-state index in [-0.39, 0.29) is 12.2 Å². The first kappa shape index (κ1) is 18.7. The number of fused-ring (bicyclic) bond motifs is 2. The molecule has 0 unspecified atom stereocenters. The Kier molecular flexibility index (Phi) is 4.71. The number of H-pyrrole nitrogens is 1. The average molecular weight is 407 g/mol. The maximum absolute atomic E-state index is 14.4. The van der Waals surface area contributed by atoms with Crippen molar-refractivity contribution in [3.8, 4) is 5.75 Å². The summed E-state index contributed by atoms with van der Waals surface area (Å²) in [5.41, 5.74) is 2.15. The van der Waals surface area contributed by atoms with E-state index in [9.17, 15) is 9.50 Å². The lowest BCUT2D eigenvalue weighted by Crippen LogP contribution is -2.26. The number of aliphatic hydroxyl groups excluding tert-OH is 1. The van der Waals surface area contributed by atoms with Crippen LogP contribution in [0.25, 0.3) is 21.9 Å². The van der Waals surface area contributed by atoms with Gasteiger partial charge >= 0.3 is 0 Å². The first-order valence-electron chi connectivity index (χ1n) is 10.1. The van der Waals surface area contributed by atoms with Crippen molar-refractivity contribution in [3.63, 3.8) is 0 Å². The average Bonchev–Trinajstić information content (AvgIpc) is 3.11. The number of nitrogens with zero attached hydrogens (tertiary/aromatic N) is 3. The molecule has 4 aromatic rings. The fraction of sp³-hybridized carbons (Fsp3) is 0.318. The zero-order valence-electron chi connectivity index (χ0n) is 16.5. The molecule has 30 heavy (non-hydrogen) atoms. The van der Waals surface area contributed by atoms with Gasteiger partial charge in [0.2, 0.25) is 5.95 Å². The van der Waals surface area contributed by atoms with E-state index >= 15 is 0 Å². The minimum absolute atomic E-state index is 0.0606. The van der Waals surface area contributed by atoms with Gasteiger partial charge in [-0.3, -0.25) is 0 Å². The zero-order valence-corrected chi connectivity index (χ0v) is 16.5. The summed E-state index contributed by atoms with van der Waals surface area (Å²) >= 11 is 0. The highest BCUT2D eigenvalue weighted by Gasteiger charge is 2.21. The van der Waals surface area contributed by atoms with Gasteiger partial charge < -0.3 is 20.1 Å². The normalized spacial score (nSPS) is 19.3. The van der Waals surface area contributed by atoms with Crippen molar-refractivity contribution in [2.45, 2.75) is 44.8 Å². The van der Waals surface area contributed by atoms with Crippen molar-refractivity contribution >= 4 is 33.6 Å². The number of ether oxygens (including phenoxy) is 1. The SMILES string of the molecule is Cc1nc2c(F)cc(Nc3ncc4cccc(OC5CCC(O)CC5)c4n3)cc2[nH]1. The first-order chi connectivity index (χ1) is 14.5. The number of aromatic amines is 1. The molecule has 0 saturated heterocycles. The van der Waals surface area contributed by atoms with Crippen LogP contribution in [0, 0.1) is 12.7 Å². The zero-order chi connectivity index (χ0) is 20.7. The van der Waals surface area contributed by atoms with Crippen molar-refractivity contribution < 1.29 is 14.2 Å². The monoisotopic (exact) mass is 407 g/mol. The second-order valence-corrected chi connectivity index (χ2v) is 7.74. The third-order valence-electron chi connectivity index (χ3n) is 5.43. The van der Waals surface area contributed by atoms with Crippen LogP contribution < -0.4 is 10.1 Å². The number of aromatic nitrogens is 4. The van der Waals surface area contributed by atoms with Gasteiger partial charge in [0.25, 0.3) is 0 Å². The number of hydrogen-bond acceptors (Lipinski definition) is 6. The number of benzene rings is 2. The van der Waals surface area contributed by atoms with Crippen molar-refractivity contribution in [2.24, 2.45) is 0 Å². The molecule has 1 aliphatic carbocycles. The van der Waals surface area contributed by atoms with Crippen LogP contribution in [0.1, 0.15) is 31.5 Å². The topological polar surface area (TPSA) is 96.0 Å². The van der Waals surface area contributed by atoms with Gasteiger partial charge in [-0.2, -0.15) is 0 Å². The number of imidazole rings is 1. The Labute approximate surface area is 172 Å². The Bertz CT molecular complexity index is 1220. The maximum atomic E-state index is 14.4. The van der Waals surface area contributed by atoms with Crippen LogP contribution in [0.3, 0.4) is 0 Å². The lowest BCUT2D eigenvalue weighted by molar-refractivity contribution is 0.0672. The molecule has 8 heteroatoms. The van der Waals surface area contributed by atoms with Crippen molar-refractivity contribution in [1.82, 2.24) is 19.9 Å². The molecule has 0 radical (unpaired) electrons. The summed E-state index contributed by atoms with van der Waals surface area (Å²) in [5, 5.41) is 13.6. The number of anilines is 2. The van der Waals surface area contributed by atoms with Crippen LogP contribution in [0.2, 0.25) is 0 Å². The molecule has 0 atom stereocenters. The van der Waals surface area contributed by atoms with Gasteiger partial charge in [0.1, 0.15) is 22.6 Å². The minimum atomic E-state index is -0.413. The van der Waals surface area contributed by atoms with E-state index in [0.29, 0.717) is 39.8 Å². The molecule has 0 amide bonds. The van der Waals surface area contributed by atoms with Crippen molar-refractivity contribution in [2.75, 3.05) is 5.32 Å². The van der Waals surface area contributed by atoms with Crippen LogP contribution >= 0.6 is 0 Å². The lowest BCUT2D eigenvalue weighted by atomic mass is 9.95. The van der Waals surface area contributed by atoms with Gasteiger partial charge in [-0.05, 0) is 50.8 Å². The quantitative estimate of drug-likeness (QED) is 0.465. The minimum Gasteiger partial charge on any atom is -0.488 e. The van der Waals surface area contributed by atoms with Gasteiger partial charge in [0, 0.05) is 17.3 Å². The van der Waals surface area contributed by atoms with E-state index in [2.05, 4.69) is 25.3 Å². The second kappa shape index (κ2) is 7.53. The summed E-state index contributed by atoms with van der Waals surface area (Å²) in [7, 11) is 0. The fourth-order valence-electron chi connectivity index (χ4n) is 3.93. The third kappa shape index (κ3) is 3.66. The second-order valence-electron chi connectivity index (χ2n) is 7.74. The van der Waals surface area contributed by atoms with Crippen LogP contribution in [0.4, 0.5) is 16.0 Å². The number of rotatable bonds is 4. The highest BCUT2D eigenvalue weighted by molar-refractivity contribution is 5.85. The summed E-state index contributed by atoms with van der Waals surface area (Å²) in [6.45, 7) is 1.79. The van der Waals surface area contributed by atoms with E-state index < -0.39 is 5.82 Å². The Morgan fingerprint density at radius 3 is 2.80 bits per heavy atom. The van der Waals surface area contributed by atoms with E-state index in [1.807, 2.05) is 18.2 Å². The number of aliphatic hydroxyl groups is 1. The fourth-order valence-corrected chi connectivity index (χ4v) is 3.93. The molecule has 2 aromatic carbocycles. The van der Waals surface area contributed by atoms with Gasteiger partial charge in [0.15, 0.2) is 5.82 Å². The summed E-state index contributed by atoms with van der Waals surface area (Å²) in [6.07, 6.45) is 4.68. The standard InChI is InChI=1S/C22H22FN5O2/c1-12-25-18-10-14(9-17(23)21(18)26-12)27-22-24-11-13-3-2-4-19(20(13)28-22)30-16-7-5-15(29)6-8-16/h2-4,9-11,15-16,29H,5-8H2,1H3,(H,25,26)(H,24,27,28). The summed E-state index contributed by atoms with van der Waals surface area (Å²) in [4.78, 5) is 16.2. The number of hydrogen-bond donors (Lipinski definition) is 3. The van der Waals surface area contributed by atoms with Crippen LogP contribution in [0.15, 0.2) is 36.5 Å². The highest BCUT2D eigenvalue weighted by Crippen LogP contribution is 2.30. The predicted molar refractivity (Wildman–Crippen MR) is 113 cm³/mol. The smallest absolute Gasteiger partial charge is 0.227 e. The predicted octanol–water partition coefficient (Wildman–Crippen LogP) is 4.38. The molecule has 1 aliphatic rings. The molecule has 0 bridgehead atoms. The summed E-state index contributed by atoms with van der Waals surface area (Å²) < 4.78 is 20.6. The number of para-hydroxylation sites is 1. The molecule has 2 heterocycles. The highest BCUT2D eigenvalue weighted by atomic mass is 19.1. The number of aryl methyl sites for hydroxylation is 1.